The average Bonchev–Trinajstić information content (AvgIpc) is 2.74. The number of nitrogens with zero attached hydrogens (tertiary/aromatic N) is 2. The summed E-state index contributed by atoms with van der Waals surface area (Å²) in [5.41, 5.74) is -2.71. The Labute approximate surface area is 213 Å². The summed E-state index contributed by atoms with van der Waals surface area (Å²) in [6, 6.07) is 1.15. The molecule has 0 saturated carbocycles. The summed E-state index contributed by atoms with van der Waals surface area (Å²) in [5.74, 6) is -3.66. The van der Waals surface area contributed by atoms with Crippen molar-refractivity contribution in [2.75, 3.05) is 20.1 Å². The zero-order chi connectivity index (χ0) is 26.8. The van der Waals surface area contributed by atoms with E-state index in [1.807, 2.05) is 0 Å². The zero-order valence-corrected chi connectivity index (χ0v) is 21.5. The van der Waals surface area contributed by atoms with E-state index in [0.29, 0.717) is 24.1 Å². The van der Waals surface area contributed by atoms with Gasteiger partial charge in [-0.05, 0) is 31.0 Å². The molecule has 0 aliphatic carbocycles. The van der Waals surface area contributed by atoms with Gasteiger partial charge in [0.05, 0.1) is 24.2 Å². The number of halogens is 10. The number of aliphatic imine (C=N–C) groups is 1. The van der Waals surface area contributed by atoms with Gasteiger partial charge in [-0.3, -0.25) is 9.79 Å². The van der Waals surface area contributed by atoms with Gasteiger partial charge in [-0.1, -0.05) is 44.4 Å². The Bertz CT molecular complexity index is 952. The molecule has 1 aliphatic rings. The molecular formula is C21H21Br2F8N3O. The Kier molecular flexibility index (Phi) is 9.40. The third kappa shape index (κ3) is 7.89. The van der Waals surface area contributed by atoms with Crippen LogP contribution in [-0.2, 0) is 17.1 Å². The molecule has 1 aromatic rings. The zero-order valence-electron chi connectivity index (χ0n) is 18.4. The lowest BCUT2D eigenvalue weighted by molar-refractivity contribution is -0.164. The maximum Gasteiger partial charge on any atom is 0.416 e. The van der Waals surface area contributed by atoms with Crippen LogP contribution < -0.4 is 5.32 Å². The molecule has 0 bridgehead atoms. The lowest BCUT2D eigenvalue weighted by Crippen LogP contribution is -2.60. The monoisotopic (exact) mass is 641 g/mol. The van der Waals surface area contributed by atoms with Gasteiger partial charge in [-0.15, -0.1) is 0 Å². The number of amides is 1. The molecule has 4 nitrogen and oxygen atoms in total. The van der Waals surface area contributed by atoms with Gasteiger partial charge in [0.15, 0.2) is 0 Å². The van der Waals surface area contributed by atoms with Crippen LogP contribution in [-0.4, -0.2) is 52.4 Å². The SMILES string of the molecule is CC/C(=C\NC(=NC)c1cc(C(F)(F)F)cc(C(F)(F)F)c1)CC(Br)C(Br)C(=O)N1CC(F)(F)C1. The van der Waals surface area contributed by atoms with E-state index in [-0.39, 0.29) is 18.3 Å². The summed E-state index contributed by atoms with van der Waals surface area (Å²) in [4.78, 5) is 15.8. The standard InChI is InChI=1S/C21H21Br2F8N3O/c1-3-11(4-15(22)16(23)18(35)34-9-19(24,25)10-34)8-33-17(32-2)12-5-13(20(26,27)28)7-14(6-12)21(29,30)31/h5-8,15-16H,3-4,9-10H2,1-2H3,(H,32,33)/b11-8+. The molecule has 1 aliphatic heterocycles. The topological polar surface area (TPSA) is 44.7 Å². The second-order valence-corrected chi connectivity index (χ2v) is 10.0. The second kappa shape index (κ2) is 11.1. The van der Waals surface area contributed by atoms with E-state index in [9.17, 15) is 39.9 Å². The molecule has 14 heteroatoms. The van der Waals surface area contributed by atoms with Crippen molar-refractivity contribution in [1.82, 2.24) is 10.2 Å². The van der Waals surface area contributed by atoms with E-state index >= 15 is 0 Å². The van der Waals surface area contributed by atoms with Crippen molar-refractivity contribution in [2.45, 2.75) is 47.7 Å². The molecule has 1 N–H and O–H groups in total. The van der Waals surface area contributed by atoms with Crippen LogP contribution >= 0.6 is 31.9 Å². The summed E-state index contributed by atoms with van der Waals surface area (Å²) in [6.45, 7) is 0.418. The normalized spacial score (nSPS) is 18.7. The fourth-order valence-corrected chi connectivity index (χ4v) is 4.31. The molecule has 1 fully saturated rings. The highest BCUT2D eigenvalue weighted by molar-refractivity contribution is 9.12. The number of carbonyl (C=O) groups excluding carboxylic acids is 1. The highest BCUT2D eigenvalue weighted by Gasteiger charge is 2.48. The van der Waals surface area contributed by atoms with Crippen molar-refractivity contribution >= 4 is 43.6 Å². The molecule has 1 heterocycles. The molecule has 1 amide bonds. The van der Waals surface area contributed by atoms with Crippen LogP contribution in [0.1, 0.15) is 36.5 Å². The van der Waals surface area contributed by atoms with Gasteiger partial charge in [-0.2, -0.15) is 26.3 Å². The number of rotatable bonds is 7. The fraction of sp³-hybridized carbons (Fsp3) is 0.524. The number of benzene rings is 1. The predicted molar refractivity (Wildman–Crippen MR) is 122 cm³/mol. The van der Waals surface area contributed by atoms with E-state index in [0.717, 1.165) is 4.90 Å². The van der Waals surface area contributed by atoms with Gasteiger partial charge in [0.2, 0.25) is 5.91 Å². The lowest BCUT2D eigenvalue weighted by Gasteiger charge is -2.40. The number of amidine groups is 1. The summed E-state index contributed by atoms with van der Waals surface area (Å²) < 4.78 is 105. The quantitative estimate of drug-likeness (QED) is 0.162. The second-order valence-electron chi connectivity index (χ2n) is 7.84. The van der Waals surface area contributed by atoms with Crippen LogP contribution in [0, 0.1) is 0 Å². The first-order chi connectivity index (χ1) is 16.0. The Balaban J connectivity index is 2.19. The molecular weight excluding hydrogens is 622 g/mol. The van der Waals surface area contributed by atoms with E-state index in [1.54, 1.807) is 6.92 Å². The van der Waals surface area contributed by atoms with Gasteiger partial charge < -0.3 is 10.2 Å². The number of alkyl halides is 10. The molecule has 0 radical (unpaired) electrons. The van der Waals surface area contributed by atoms with Gasteiger partial charge in [0.1, 0.15) is 10.7 Å². The van der Waals surface area contributed by atoms with Crippen LogP contribution in [0.4, 0.5) is 35.1 Å². The van der Waals surface area contributed by atoms with Crippen molar-refractivity contribution in [3.63, 3.8) is 0 Å². The molecule has 2 rings (SSSR count). The van der Waals surface area contributed by atoms with Crippen LogP contribution in [0.15, 0.2) is 35.0 Å². The molecule has 0 spiro atoms. The molecule has 1 aromatic carbocycles. The number of hydrogen-bond acceptors (Lipinski definition) is 2. The van der Waals surface area contributed by atoms with Gasteiger partial charge in [-0.25, -0.2) is 8.78 Å². The molecule has 35 heavy (non-hydrogen) atoms. The minimum absolute atomic E-state index is 0.0284. The van der Waals surface area contributed by atoms with Crippen molar-refractivity contribution in [3.05, 3.63) is 46.7 Å². The van der Waals surface area contributed by atoms with Crippen molar-refractivity contribution < 1.29 is 39.9 Å². The van der Waals surface area contributed by atoms with E-state index in [4.69, 9.17) is 0 Å². The summed E-state index contributed by atoms with van der Waals surface area (Å²) in [5, 5.41) is 2.65. The average molecular weight is 643 g/mol. The van der Waals surface area contributed by atoms with E-state index < -0.39 is 63.6 Å². The van der Waals surface area contributed by atoms with E-state index in [1.165, 1.54) is 13.2 Å². The maximum atomic E-state index is 13.2. The summed E-state index contributed by atoms with van der Waals surface area (Å²) in [7, 11) is 1.21. The minimum atomic E-state index is -5.00. The first-order valence-electron chi connectivity index (χ1n) is 10.1. The Morgan fingerprint density at radius 1 is 1.11 bits per heavy atom. The molecule has 2 atom stereocenters. The molecule has 196 valence electrons. The van der Waals surface area contributed by atoms with Gasteiger partial charge >= 0.3 is 12.4 Å². The van der Waals surface area contributed by atoms with Crippen LogP contribution in [0.2, 0.25) is 0 Å². The first-order valence-corrected chi connectivity index (χ1v) is 12.0. The van der Waals surface area contributed by atoms with Crippen LogP contribution in [0.3, 0.4) is 0 Å². The Morgan fingerprint density at radius 3 is 2.03 bits per heavy atom. The van der Waals surface area contributed by atoms with Crippen molar-refractivity contribution in [3.8, 4) is 0 Å². The summed E-state index contributed by atoms with van der Waals surface area (Å²) >= 11 is 6.53. The predicted octanol–water partition coefficient (Wildman–Crippen LogP) is 6.38. The number of likely N-dealkylation sites (tertiary alicyclic amines) is 1. The number of nitrogens with one attached hydrogen (secondary N) is 1. The number of carbonyl (C=O) groups is 1. The van der Waals surface area contributed by atoms with Crippen molar-refractivity contribution in [2.24, 2.45) is 4.99 Å². The lowest BCUT2D eigenvalue weighted by atomic mass is 10.0. The largest absolute Gasteiger partial charge is 0.416 e. The van der Waals surface area contributed by atoms with Crippen LogP contribution in [0.5, 0.6) is 0 Å². The van der Waals surface area contributed by atoms with E-state index in [2.05, 4.69) is 42.2 Å². The molecule has 2 unspecified atom stereocenters. The summed E-state index contributed by atoms with van der Waals surface area (Å²) in [6.07, 6.45) is -7.98. The Hall–Kier alpha value is -1.70. The third-order valence-corrected chi connectivity index (χ3v) is 7.71. The first kappa shape index (κ1) is 29.5. The number of allylic oxidation sites excluding steroid dienone is 1. The highest BCUT2D eigenvalue weighted by Crippen LogP contribution is 2.36. The highest BCUT2D eigenvalue weighted by atomic mass is 79.9. The maximum absolute atomic E-state index is 13.2. The fourth-order valence-electron chi connectivity index (χ4n) is 3.20. The van der Waals surface area contributed by atoms with Gasteiger partial charge in [0.25, 0.3) is 5.92 Å². The van der Waals surface area contributed by atoms with Crippen LogP contribution in [0.25, 0.3) is 0 Å². The number of hydrogen-bond donors (Lipinski definition) is 1. The molecule has 0 aromatic heterocycles. The smallest absolute Gasteiger partial charge is 0.347 e. The third-order valence-electron chi connectivity index (χ3n) is 5.12. The minimum Gasteiger partial charge on any atom is -0.347 e. The molecule has 1 saturated heterocycles. The van der Waals surface area contributed by atoms with Gasteiger partial charge in [0, 0.05) is 23.6 Å². The van der Waals surface area contributed by atoms with Crippen molar-refractivity contribution in [1.29, 1.82) is 0 Å². The Morgan fingerprint density at radius 2 is 1.63 bits per heavy atom.